The lowest BCUT2D eigenvalue weighted by atomic mass is 10.2. The molecule has 0 unspecified atom stereocenters. The van der Waals surface area contributed by atoms with Crippen molar-refractivity contribution in [3.05, 3.63) is 30.1 Å². The van der Waals surface area contributed by atoms with E-state index in [1.807, 2.05) is 6.92 Å². The normalized spacial score (nSPS) is 11.8. The average Bonchev–Trinajstić information content (AvgIpc) is 3.00. The summed E-state index contributed by atoms with van der Waals surface area (Å²) in [4.78, 5) is 23.0. The molecule has 1 atom stereocenters. The van der Waals surface area contributed by atoms with Crippen molar-refractivity contribution >= 4 is 45.9 Å². The first-order valence-electron chi connectivity index (χ1n) is 7.52. The number of halogens is 1. The number of nitrogens with one attached hydrogen (secondary N) is 2. The molecule has 2 amide bonds. The first-order chi connectivity index (χ1) is 12.0. The molecule has 0 aliphatic carbocycles. The monoisotopic (exact) mass is 383 g/mol. The van der Waals surface area contributed by atoms with E-state index in [1.54, 1.807) is 0 Å². The molecule has 134 valence electrons. The number of aromatic nitrogens is 2. The summed E-state index contributed by atoms with van der Waals surface area (Å²) in [6.07, 6.45) is 2.14. The second-order valence-electron chi connectivity index (χ2n) is 5.03. The largest absolute Gasteiger partial charge is 0.549 e. The number of carbonyl (C=O) groups excluding carboxylic acids is 2. The minimum Gasteiger partial charge on any atom is -0.549 e. The summed E-state index contributed by atoms with van der Waals surface area (Å²) in [6.45, 7) is 1.98. The van der Waals surface area contributed by atoms with E-state index in [9.17, 15) is 19.1 Å². The number of anilines is 2. The van der Waals surface area contributed by atoms with Crippen LogP contribution in [-0.2, 0) is 4.79 Å². The zero-order valence-electron chi connectivity index (χ0n) is 13.3. The number of carboxylic acids is 1. The van der Waals surface area contributed by atoms with Crippen LogP contribution in [0.5, 0.6) is 0 Å². The van der Waals surface area contributed by atoms with Crippen LogP contribution in [0.15, 0.2) is 28.6 Å². The first-order valence-corrected chi connectivity index (χ1v) is 9.22. The lowest BCUT2D eigenvalue weighted by molar-refractivity contribution is -0.304. The molecule has 0 saturated heterocycles. The molecule has 0 radical (unpaired) electrons. The number of aliphatic carboxylic acids is 1. The Morgan fingerprint density at radius 3 is 2.64 bits per heavy atom. The summed E-state index contributed by atoms with van der Waals surface area (Å²) in [5.41, 5.74) is 0.426. The van der Waals surface area contributed by atoms with Crippen LogP contribution in [0.3, 0.4) is 0 Å². The quantitative estimate of drug-likeness (QED) is 0.536. The molecule has 0 aliphatic heterocycles. The summed E-state index contributed by atoms with van der Waals surface area (Å²) in [5.74, 6) is -1.54. The third-order valence-corrected chi connectivity index (χ3v) is 5.22. The van der Waals surface area contributed by atoms with Crippen molar-refractivity contribution in [2.24, 2.45) is 0 Å². The number of rotatable bonds is 8. The Morgan fingerprint density at radius 1 is 1.28 bits per heavy atom. The maximum absolute atomic E-state index is 12.8. The molecular weight excluding hydrogens is 367 g/mol. The average molecular weight is 383 g/mol. The van der Waals surface area contributed by atoms with Crippen LogP contribution in [0.1, 0.15) is 26.2 Å². The number of carbonyl (C=O) groups is 2. The predicted octanol–water partition coefficient (Wildman–Crippen LogP) is 2.72. The van der Waals surface area contributed by atoms with Crippen molar-refractivity contribution in [1.29, 1.82) is 0 Å². The van der Waals surface area contributed by atoms with Gasteiger partial charge < -0.3 is 15.2 Å². The third-order valence-electron chi connectivity index (χ3n) is 3.05. The van der Waals surface area contributed by atoms with Gasteiger partial charge in [0.15, 0.2) is 4.34 Å². The van der Waals surface area contributed by atoms with Gasteiger partial charge in [-0.15, -0.1) is 10.2 Å². The third kappa shape index (κ3) is 6.31. The molecule has 0 fully saturated rings. The van der Waals surface area contributed by atoms with Gasteiger partial charge in [0, 0.05) is 5.69 Å². The van der Waals surface area contributed by atoms with Crippen LogP contribution in [0, 0.1) is 5.82 Å². The molecule has 25 heavy (non-hydrogen) atoms. The van der Waals surface area contributed by atoms with Gasteiger partial charge in [0.25, 0.3) is 0 Å². The molecule has 0 bridgehead atoms. The minimum absolute atomic E-state index is 0.231. The summed E-state index contributed by atoms with van der Waals surface area (Å²) in [7, 11) is 0. The number of urea groups is 1. The SMILES string of the molecule is CCCC[C@H](Sc1nnc(NC(=O)Nc2ccc(F)cc2)s1)C(=O)[O-]. The molecular formula is C15H16FN4O3S2-. The second kappa shape index (κ2) is 9.33. The summed E-state index contributed by atoms with van der Waals surface area (Å²) in [5, 5.41) is 23.4. The van der Waals surface area contributed by atoms with Crippen molar-refractivity contribution in [2.75, 3.05) is 10.6 Å². The van der Waals surface area contributed by atoms with Gasteiger partial charge in [-0.25, -0.2) is 9.18 Å². The Bertz CT molecular complexity index is 724. The van der Waals surface area contributed by atoms with Crippen LogP contribution in [0.4, 0.5) is 20.0 Å². The summed E-state index contributed by atoms with van der Waals surface area (Å²) >= 11 is 2.13. The molecule has 0 saturated carbocycles. The van der Waals surface area contributed by atoms with E-state index in [-0.39, 0.29) is 5.13 Å². The maximum atomic E-state index is 12.8. The number of hydrogen-bond donors (Lipinski definition) is 2. The van der Waals surface area contributed by atoms with Gasteiger partial charge in [0.05, 0.1) is 11.2 Å². The molecule has 1 aromatic heterocycles. The highest BCUT2D eigenvalue weighted by Gasteiger charge is 2.16. The van der Waals surface area contributed by atoms with Gasteiger partial charge in [-0.05, 0) is 30.7 Å². The lowest BCUT2D eigenvalue weighted by Gasteiger charge is -2.14. The van der Waals surface area contributed by atoms with E-state index in [2.05, 4.69) is 20.8 Å². The van der Waals surface area contributed by atoms with Crippen LogP contribution in [0.2, 0.25) is 0 Å². The number of unbranched alkanes of at least 4 members (excludes halogenated alkanes) is 1. The van der Waals surface area contributed by atoms with Gasteiger partial charge in [-0.1, -0.05) is 42.9 Å². The van der Waals surface area contributed by atoms with E-state index in [4.69, 9.17) is 0 Å². The van der Waals surface area contributed by atoms with Crippen molar-refractivity contribution in [3.8, 4) is 0 Å². The Balaban J connectivity index is 1.90. The van der Waals surface area contributed by atoms with Crippen LogP contribution >= 0.6 is 23.1 Å². The predicted molar refractivity (Wildman–Crippen MR) is 93.1 cm³/mol. The van der Waals surface area contributed by atoms with Gasteiger partial charge in [-0.2, -0.15) is 0 Å². The molecule has 2 aromatic rings. The van der Waals surface area contributed by atoms with Crippen LogP contribution < -0.4 is 15.7 Å². The highest BCUT2D eigenvalue weighted by molar-refractivity contribution is 8.02. The molecule has 10 heteroatoms. The maximum Gasteiger partial charge on any atom is 0.325 e. The Morgan fingerprint density at radius 2 is 2.00 bits per heavy atom. The fourth-order valence-electron chi connectivity index (χ4n) is 1.84. The fraction of sp³-hybridized carbons (Fsp3) is 0.333. The van der Waals surface area contributed by atoms with Crippen molar-refractivity contribution in [1.82, 2.24) is 10.2 Å². The van der Waals surface area contributed by atoms with E-state index in [0.29, 0.717) is 16.4 Å². The smallest absolute Gasteiger partial charge is 0.325 e. The van der Waals surface area contributed by atoms with E-state index in [0.717, 1.165) is 35.9 Å². The van der Waals surface area contributed by atoms with E-state index in [1.165, 1.54) is 24.3 Å². The number of hydrogen-bond acceptors (Lipinski definition) is 7. The van der Waals surface area contributed by atoms with Crippen LogP contribution in [-0.4, -0.2) is 27.4 Å². The summed E-state index contributed by atoms with van der Waals surface area (Å²) < 4.78 is 13.3. The Labute approximate surface area is 152 Å². The highest BCUT2D eigenvalue weighted by Crippen LogP contribution is 2.31. The highest BCUT2D eigenvalue weighted by atomic mass is 32.2. The molecule has 0 spiro atoms. The molecule has 1 heterocycles. The number of benzene rings is 1. The first kappa shape index (κ1) is 19.1. The number of thioether (sulfide) groups is 1. The number of carboxylic acid groups (broad SMARTS) is 1. The van der Waals surface area contributed by atoms with E-state index < -0.39 is 23.1 Å². The zero-order valence-corrected chi connectivity index (χ0v) is 15.0. The zero-order chi connectivity index (χ0) is 18.2. The van der Waals surface area contributed by atoms with E-state index >= 15 is 0 Å². The number of nitrogens with zero attached hydrogens (tertiary/aromatic N) is 2. The summed E-state index contributed by atoms with van der Waals surface area (Å²) in [6, 6.07) is 4.75. The molecule has 0 aliphatic rings. The fourth-order valence-corrected chi connectivity index (χ4v) is 3.80. The minimum atomic E-state index is -1.14. The molecule has 2 N–H and O–H groups in total. The molecule has 2 rings (SSSR count). The van der Waals surface area contributed by atoms with Crippen molar-refractivity contribution in [3.63, 3.8) is 0 Å². The van der Waals surface area contributed by atoms with Gasteiger partial charge >= 0.3 is 6.03 Å². The Kier molecular flexibility index (Phi) is 7.14. The lowest BCUT2D eigenvalue weighted by Crippen LogP contribution is -2.33. The van der Waals surface area contributed by atoms with Gasteiger partial charge in [-0.3, -0.25) is 5.32 Å². The standard InChI is InChI=1S/C15H17FN4O3S2/c1-2-3-4-11(12(21)22)24-15-20-19-14(25-15)18-13(23)17-10-7-5-9(16)6-8-10/h5-8,11H,2-4H2,1H3,(H,21,22)(H2,17,18,19,23)/p-1/t11-/m0/s1. The molecule has 1 aromatic carbocycles. The van der Waals surface area contributed by atoms with Crippen molar-refractivity contribution < 1.29 is 19.1 Å². The second-order valence-corrected chi connectivity index (χ2v) is 7.45. The molecule has 7 nitrogen and oxygen atoms in total. The number of amides is 2. The van der Waals surface area contributed by atoms with Crippen molar-refractivity contribution in [2.45, 2.75) is 35.8 Å². The Hall–Kier alpha value is -2.20. The van der Waals surface area contributed by atoms with Gasteiger partial charge in [0.1, 0.15) is 5.82 Å². The van der Waals surface area contributed by atoms with Crippen LogP contribution in [0.25, 0.3) is 0 Å². The topological polar surface area (TPSA) is 107 Å². The van der Waals surface area contributed by atoms with Gasteiger partial charge in [0.2, 0.25) is 5.13 Å².